The maximum Gasteiger partial charge on any atom is 0.150 e. The molecule has 1 fully saturated rings. The molecule has 27 heavy (non-hydrogen) atoms. The molecule has 0 aliphatic carbocycles. The number of aromatic nitrogens is 3. The van der Waals surface area contributed by atoms with Gasteiger partial charge in [0.25, 0.3) is 0 Å². The molecule has 0 amide bonds. The highest BCUT2D eigenvalue weighted by Gasteiger charge is 2.26. The Hall–Kier alpha value is -2.73. The van der Waals surface area contributed by atoms with E-state index in [2.05, 4.69) is 19.9 Å². The van der Waals surface area contributed by atoms with Crippen LogP contribution in [0.2, 0.25) is 0 Å². The summed E-state index contributed by atoms with van der Waals surface area (Å²) in [6, 6.07) is 11.6. The third kappa shape index (κ3) is 4.01. The Balaban J connectivity index is 1.39. The molecule has 3 N–H and O–H groups in total. The number of benzene rings is 1. The van der Waals surface area contributed by atoms with E-state index in [0.29, 0.717) is 18.8 Å². The van der Waals surface area contributed by atoms with E-state index in [1.165, 1.54) is 0 Å². The van der Waals surface area contributed by atoms with Gasteiger partial charge in [-0.05, 0) is 36.8 Å². The topological polar surface area (TPSA) is 87.9 Å². The van der Waals surface area contributed by atoms with Crippen LogP contribution in [-0.4, -0.2) is 39.9 Å². The van der Waals surface area contributed by atoms with Gasteiger partial charge in [0.1, 0.15) is 23.6 Å². The van der Waals surface area contributed by atoms with E-state index in [1.807, 2.05) is 42.6 Å². The average molecular weight is 363 g/mol. The molecule has 6 nitrogen and oxygen atoms in total. The zero-order chi connectivity index (χ0) is 18.6. The smallest absolute Gasteiger partial charge is 0.150 e. The predicted molar refractivity (Wildman–Crippen MR) is 107 cm³/mol. The summed E-state index contributed by atoms with van der Waals surface area (Å²) in [5.41, 5.74) is 8.15. The number of carbonyl (C=O) groups is 1. The number of ketones is 1. The van der Waals surface area contributed by atoms with Crippen LogP contribution in [-0.2, 0) is 11.2 Å². The van der Waals surface area contributed by atoms with Crippen LogP contribution >= 0.6 is 0 Å². The lowest BCUT2D eigenvalue weighted by molar-refractivity contribution is -0.121. The number of Topliss-reactive ketones (excluding diaryl/α,β-unsaturated/α-hetero) is 1. The molecular weight excluding hydrogens is 338 g/mol. The molecule has 1 aliphatic rings. The summed E-state index contributed by atoms with van der Waals surface area (Å²) in [4.78, 5) is 26.8. The molecular formula is C21H25N5O. The molecule has 0 bridgehead atoms. The maximum atomic E-state index is 12.7. The first-order valence-corrected chi connectivity index (χ1v) is 9.56. The SMILES string of the molecule is N[C@@H](Cc1ccccc1)C(=O)CC1CCCN(c2ncnc3[nH]ccc23)C1. The Kier molecular flexibility index (Phi) is 5.16. The van der Waals surface area contributed by atoms with Gasteiger partial charge in [-0.3, -0.25) is 4.79 Å². The molecule has 0 saturated carbocycles. The number of hydrogen-bond acceptors (Lipinski definition) is 5. The van der Waals surface area contributed by atoms with Crippen molar-refractivity contribution in [3.8, 4) is 0 Å². The fraction of sp³-hybridized carbons (Fsp3) is 0.381. The Morgan fingerprint density at radius 1 is 1.26 bits per heavy atom. The molecule has 2 aromatic heterocycles. The minimum Gasteiger partial charge on any atom is -0.356 e. The summed E-state index contributed by atoms with van der Waals surface area (Å²) in [6.07, 6.45) is 6.73. The number of nitrogens with one attached hydrogen (secondary N) is 1. The molecule has 1 unspecified atom stereocenters. The number of nitrogens with two attached hydrogens (primary N) is 1. The van der Waals surface area contributed by atoms with Crippen LogP contribution in [0, 0.1) is 5.92 Å². The first kappa shape index (κ1) is 17.7. The van der Waals surface area contributed by atoms with Crippen LogP contribution in [0.25, 0.3) is 11.0 Å². The van der Waals surface area contributed by atoms with Gasteiger partial charge in [0, 0.05) is 25.7 Å². The maximum absolute atomic E-state index is 12.7. The number of H-pyrrole nitrogens is 1. The number of rotatable bonds is 6. The van der Waals surface area contributed by atoms with Gasteiger partial charge in [-0.25, -0.2) is 9.97 Å². The monoisotopic (exact) mass is 363 g/mol. The van der Waals surface area contributed by atoms with E-state index in [0.717, 1.165) is 48.3 Å². The molecule has 1 aromatic carbocycles. The first-order valence-electron chi connectivity index (χ1n) is 9.56. The van der Waals surface area contributed by atoms with Gasteiger partial charge >= 0.3 is 0 Å². The first-order chi connectivity index (χ1) is 13.2. The van der Waals surface area contributed by atoms with Gasteiger partial charge in [-0.15, -0.1) is 0 Å². The minimum atomic E-state index is -0.432. The third-order valence-corrected chi connectivity index (χ3v) is 5.35. The van der Waals surface area contributed by atoms with Crippen molar-refractivity contribution < 1.29 is 4.79 Å². The van der Waals surface area contributed by atoms with Gasteiger partial charge in [0.15, 0.2) is 0 Å². The fourth-order valence-corrected chi connectivity index (χ4v) is 3.95. The number of aromatic amines is 1. The molecule has 2 atom stereocenters. The van der Waals surface area contributed by atoms with Gasteiger partial charge < -0.3 is 15.6 Å². The third-order valence-electron chi connectivity index (χ3n) is 5.35. The van der Waals surface area contributed by atoms with Crippen molar-refractivity contribution in [1.82, 2.24) is 15.0 Å². The van der Waals surface area contributed by atoms with Gasteiger partial charge in [-0.2, -0.15) is 0 Å². The van der Waals surface area contributed by atoms with Crippen molar-refractivity contribution >= 4 is 22.6 Å². The quantitative estimate of drug-likeness (QED) is 0.703. The van der Waals surface area contributed by atoms with E-state index in [-0.39, 0.29) is 5.78 Å². The summed E-state index contributed by atoms with van der Waals surface area (Å²) in [7, 11) is 0. The van der Waals surface area contributed by atoms with Crippen molar-refractivity contribution in [2.75, 3.05) is 18.0 Å². The minimum absolute atomic E-state index is 0.153. The van der Waals surface area contributed by atoms with Crippen LogP contribution in [0.15, 0.2) is 48.9 Å². The van der Waals surface area contributed by atoms with Crippen molar-refractivity contribution in [2.24, 2.45) is 11.7 Å². The summed E-state index contributed by atoms with van der Waals surface area (Å²) in [6.45, 7) is 1.79. The molecule has 4 rings (SSSR count). The lowest BCUT2D eigenvalue weighted by Crippen LogP contribution is -2.40. The summed E-state index contributed by atoms with van der Waals surface area (Å²) in [5, 5.41) is 1.03. The highest BCUT2D eigenvalue weighted by atomic mass is 16.1. The van der Waals surface area contributed by atoms with Crippen molar-refractivity contribution in [3.05, 3.63) is 54.5 Å². The molecule has 1 saturated heterocycles. The summed E-state index contributed by atoms with van der Waals surface area (Å²) >= 11 is 0. The van der Waals surface area contributed by atoms with E-state index in [9.17, 15) is 4.79 Å². The Labute approximate surface area is 158 Å². The zero-order valence-electron chi connectivity index (χ0n) is 15.3. The van der Waals surface area contributed by atoms with Gasteiger partial charge in [0.2, 0.25) is 0 Å². The van der Waals surface area contributed by atoms with E-state index >= 15 is 0 Å². The molecule has 140 valence electrons. The van der Waals surface area contributed by atoms with Crippen molar-refractivity contribution in [3.63, 3.8) is 0 Å². The van der Waals surface area contributed by atoms with Gasteiger partial charge in [-0.1, -0.05) is 30.3 Å². The number of carbonyl (C=O) groups excluding carboxylic acids is 1. The van der Waals surface area contributed by atoms with Crippen LogP contribution in [0.3, 0.4) is 0 Å². The average Bonchev–Trinajstić information content (AvgIpc) is 3.18. The fourth-order valence-electron chi connectivity index (χ4n) is 3.95. The number of piperidine rings is 1. The van der Waals surface area contributed by atoms with Crippen LogP contribution in [0.5, 0.6) is 0 Å². The van der Waals surface area contributed by atoms with Crippen LogP contribution < -0.4 is 10.6 Å². The second kappa shape index (κ2) is 7.88. The number of nitrogens with zero attached hydrogens (tertiary/aromatic N) is 3. The highest BCUT2D eigenvalue weighted by molar-refractivity contribution is 5.87. The second-order valence-corrected chi connectivity index (χ2v) is 7.36. The second-order valence-electron chi connectivity index (χ2n) is 7.36. The van der Waals surface area contributed by atoms with Crippen molar-refractivity contribution in [1.29, 1.82) is 0 Å². The normalized spacial score (nSPS) is 18.6. The molecule has 3 heterocycles. The molecule has 1 aliphatic heterocycles. The van der Waals surface area contributed by atoms with Crippen LogP contribution in [0.1, 0.15) is 24.8 Å². The number of anilines is 1. The number of fused-ring (bicyclic) bond motifs is 1. The van der Waals surface area contributed by atoms with Crippen LogP contribution in [0.4, 0.5) is 5.82 Å². The molecule has 0 radical (unpaired) electrons. The standard InChI is InChI=1S/C21H25N5O/c22-18(11-15-5-2-1-3-6-15)19(27)12-16-7-4-10-26(13-16)21-17-8-9-23-20(17)24-14-25-21/h1-3,5-6,8-9,14,16,18H,4,7,10-13,22H2,(H,23,24,25)/t16?,18-/m0/s1. The lowest BCUT2D eigenvalue weighted by atomic mass is 9.89. The van der Waals surface area contributed by atoms with E-state index in [1.54, 1.807) is 6.33 Å². The summed E-state index contributed by atoms with van der Waals surface area (Å²) in [5.74, 6) is 1.42. The zero-order valence-corrected chi connectivity index (χ0v) is 15.3. The van der Waals surface area contributed by atoms with Gasteiger partial charge in [0.05, 0.1) is 11.4 Å². The van der Waals surface area contributed by atoms with E-state index < -0.39 is 6.04 Å². The molecule has 6 heteroatoms. The molecule has 3 aromatic rings. The Morgan fingerprint density at radius 3 is 2.96 bits per heavy atom. The largest absolute Gasteiger partial charge is 0.356 e. The van der Waals surface area contributed by atoms with Crippen molar-refractivity contribution in [2.45, 2.75) is 31.7 Å². The predicted octanol–water partition coefficient (Wildman–Crippen LogP) is 2.70. The summed E-state index contributed by atoms with van der Waals surface area (Å²) < 4.78 is 0. The van der Waals surface area contributed by atoms with E-state index in [4.69, 9.17) is 5.73 Å². The highest BCUT2D eigenvalue weighted by Crippen LogP contribution is 2.28. The number of hydrogen-bond donors (Lipinski definition) is 2. The Morgan fingerprint density at radius 2 is 2.11 bits per heavy atom. The Bertz CT molecular complexity index is 907. The molecule has 0 spiro atoms. The lowest BCUT2D eigenvalue weighted by Gasteiger charge is -2.34.